The van der Waals surface area contributed by atoms with Crippen LogP contribution in [0, 0.1) is 0 Å². The summed E-state index contributed by atoms with van der Waals surface area (Å²) in [6.45, 7) is -0.142. The van der Waals surface area contributed by atoms with Crippen LogP contribution in [0.15, 0.2) is 192 Å². The largest absolute Gasteiger partial charge is 0.468 e. The summed E-state index contributed by atoms with van der Waals surface area (Å²) in [5.41, 5.74) is 11.5. The van der Waals surface area contributed by atoms with E-state index in [4.69, 9.17) is 4.42 Å². The van der Waals surface area contributed by atoms with Crippen molar-refractivity contribution in [2.24, 2.45) is 0 Å². The molecule has 0 spiro atoms. The fourth-order valence-corrected chi connectivity index (χ4v) is 11.7. The van der Waals surface area contributed by atoms with Crippen LogP contribution in [-0.2, 0) is 0 Å². The Morgan fingerprint density at radius 1 is 0.383 bits per heavy atom. The minimum absolute atomic E-state index is 0.142. The van der Waals surface area contributed by atoms with Crippen LogP contribution in [0.2, 0.25) is 0 Å². The van der Waals surface area contributed by atoms with Crippen LogP contribution in [0.25, 0.3) is 103 Å². The SMILES string of the molecule is c1ccc(N2c3cccc4c3B(c3oc5ccccc5c32)c2cc3c5ccccc5c5ccccc5c3c3c5c6c7ccccc7c7ccccc7c6ccc5n-4c23)cc1. The zero-order chi connectivity index (χ0) is 38.8. The molecule has 0 saturated carbocycles. The van der Waals surface area contributed by atoms with Crippen molar-refractivity contribution in [2.75, 3.05) is 4.90 Å². The lowest BCUT2D eigenvalue weighted by Crippen LogP contribution is -2.60. The molecule has 2 aromatic heterocycles. The zero-order valence-corrected chi connectivity index (χ0v) is 32.3. The molecule has 60 heavy (non-hydrogen) atoms. The Morgan fingerprint density at radius 2 is 0.900 bits per heavy atom. The molecule has 0 N–H and O–H groups in total. The second-order valence-corrected chi connectivity index (χ2v) is 16.6. The lowest BCUT2D eigenvalue weighted by Gasteiger charge is -2.38. The fourth-order valence-electron chi connectivity index (χ4n) is 11.7. The zero-order valence-electron chi connectivity index (χ0n) is 32.3. The molecule has 2 aliphatic rings. The second kappa shape index (κ2) is 11.0. The number of anilines is 3. The molecular formula is C56H31BN2O. The summed E-state index contributed by atoms with van der Waals surface area (Å²) in [7, 11) is 0. The third-order valence-electron chi connectivity index (χ3n) is 13.9. The predicted molar refractivity (Wildman–Crippen MR) is 255 cm³/mol. The van der Waals surface area contributed by atoms with Gasteiger partial charge in [-0.1, -0.05) is 146 Å². The molecule has 0 radical (unpaired) electrons. The average Bonchev–Trinajstić information content (AvgIpc) is 3.88. The van der Waals surface area contributed by atoms with E-state index >= 15 is 0 Å². The maximum absolute atomic E-state index is 7.21. The summed E-state index contributed by atoms with van der Waals surface area (Å²) >= 11 is 0. The minimum atomic E-state index is -0.142. The van der Waals surface area contributed by atoms with E-state index in [1.165, 1.54) is 109 Å². The molecule has 0 bridgehead atoms. The van der Waals surface area contributed by atoms with E-state index in [-0.39, 0.29) is 6.71 Å². The highest BCUT2D eigenvalue weighted by atomic mass is 16.3. The van der Waals surface area contributed by atoms with E-state index in [1.807, 2.05) is 0 Å². The van der Waals surface area contributed by atoms with E-state index in [9.17, 15) is 0 Å². The van der Waals surface area contributed by atoms with Crippen molar-refractivity contribution in [3.05, 3.63) is 188 Å². The third-order valence-corrected chi connectivity index (χ3v) is 13.9. The summed E-state index contributed by atoms with van der Waals surface area (Å²) in [5.74, 6) is 0. The van der Waals surface area contributed by atoms with Gasteiger partial charge in [-0.2, -0.15) is 0 Å². The Bertz CT molecular complexity index is 4050. The molecule has 0 saturated heterocycles. The molecule has 15 rings (SSSR count). The van der Waals surface area contributed by atoms with Crippen molar-refractivity contribution in [3.8, 4) is 5.69 Å². The van der Waals surface area contributed by atoms with Crippen LogP contribution in [-0.4, -0.2) is 11.3 Å². The molecule has 0 atom stereocenters. The summed E-state index contributed by atoms with van der Waals surface area (Å²) in [6.07, 6.45) is 0. The fraction of sp³-hybridized carbons (Fsp3) is 0. The molecule has 3 nitrogen and oxygen atoms in total. The number of hydrogen-bond donors (Lipinski definition) is 0. The van der Waals surface area contributed by atoms with Gasteiger partial charge in [0.1, 0.15) is 5.58 Å². The van der Waals surface area contributed by atoms with Crippen molar-refractivity contribution < 1.29 is 4.42 Å². The number of hydrogen-bond acceptors (Lipinski definition) is 2. The molecule has 4 heteroatoms. The van der Waals surface area contributed by atoms with Crippen molar-refractivity contribution >= 4 is 138 Å². The number of benzene rings is 11. The highest BCUT2D eigenvalue weighted by molar-refractivity contribution is 7.00. The van der Waals surface area contributed by atoms with Crippen molar-refractivity contribution in [2.45, 2.75) is 0 Å². The average molecular weight is 759 g/mol. The van der Waals surface area contributed by atoms with Gasteiger partial charge in [0, 0.05) is 44.0 Å². The van der Waals surface area contributed by atoms with Crippen LogP contribution >= 0.6 is 0 Å². The smallest absolute Gasteiger partial charge is 0.297 e. The van der Waals surface area contributed by atoms with Crippen LogP contribution in [0.5, 0.6) is 0 Å². The number of para-hydroxylation sites is 2. The second-order valence-electron chi connectivity index (χ2n) is 16.6. The lowest BCUT2D eigenvalue weighted by molar-refractivity contribution is 0.651. The molecule has 0 amide bonds. The van der Waals surface area contributed by atoms with Gasteiger partial charge < -0.3 is 13.9 Å². The van der Waals surface area contributed by atoms with Crippen LogP contribution in [0.4, 0.5) is 17.1 Å². The van der Waals surface area contributed by atoms with Gasteiger partial charge in [-0.25, -0.2) is 0 Å². The monoisotopic (exact) mass is 758 g/mol. The molecule has 274 valence electrons. The highest BCUT2D eigenvalue weighted by Crippen LogP contribution is 2.50. The van der Waals surface area contributed by atoms with Crippen molar-refractivity contribution in [3.63, 3.8) is 0 Å². The topological polar surface area (TPSA) is 21.3 Å². The summed E-state index contributed by atoms with van der Waals surface area (Å²) < 4.78 is 9.82. The molecular weight excluding hydrogens is 727 g/mol. The molecule has 0 unspecified atom stereocenters. The number of aromatic nitrogens is 1. The Balaban J connectivity index is 1.25. The Morgan fingerprint density at radius 3 is 1.57 bits per heavy atom. The third kappa shape index (κ3) is 3.66. The van der Waals surface area contributed by atoms with Gasteiger partial charge in [-0.3, -0.25) is 0 Å². The predicted octanol–water partition coefficient (Wildman–Crippen LogP) is 13.1. The maximum Gasteiger partial charge on any atom is 0.297 e. The van der Waals surface area contributed by atoms with Crippen molar-refractivity contribution in [1.82, 2.24) is 4.57 Å². The molecule has 11 aromatic carbocycles. The maximum atomic E-state index is 7.21. The first kappa shape index (κ1) is 31.2. The molecule has 13 aromatic rings. The highest BCUT2D eigenvalue weighted by Gasteiger charge is 2.46. The molecule has 2 aliphatic heterocycles. The Hall–Kier alpha value is -7.82. The molecule has 0 aliphatic carbocycles. The lowest BCUT2D eigenvalue weighted by atomic mass is 9.36. The number of furan rings is 1. The summed E-state index contributed by atoms with van der Waals surface area (Å²) in [5, 5.41) is 19.1. The van der Waals surface area contributed by atoms with Gasteiger partial charge in [0.05, 0.1) is 22.4 Å². The quantitative estimate of drug-likeness (QED) is 0.123. The van der Waals surface area contributed by atoms with Crippen LogP contribution < -0.4 is 21.5 Å². The van der Waals surface area contributed by atoms with E-state index in [0.717, 1.165) is 28.0 Å². The van der Waals surface area contributed by atoms with E-state index in [0.29, 0.717) is 0 Å². The van der Waals surface area contributed by atoms with Gasteiger partial charge >= 0.3 is 0 Å². The molecule has 0 fully saturated rings. The number of nitrogens with zero attached hydrogens (tertiary/aromatic N) is 2. The number of rotatable bonds is 1. The van der Waals surface area contributed by atoms with E-state index < -0.39 is 0 Å². The first-order valence-corrected chi connectivity index (χ1v) is 20.9. The van der Waals surface area contributed by atoms with Gasteiger partial charge in [0.15, 0.2) is 0 Å². The Kier molecular flexibility index (Phi) is 5.73. The first-order valence-electron chi connectivity index (χ1n) is 20.9. The van der Waals surface area contributed by atoms with Gasteiger partial charge in [0.25, 0.3) is 6.71 Å². The standard InChI is InChI=1S/C56H31BN2O/c1-2-15-32(16-3-1)58-46-26-14-27-47-53(46)57(56-54(58)42-25-12-13-28-48(42)60-56)44-31-43-38-22-7-5-18-34(38)36-20-9-11-24-40(36)50(43)52-51-45(59(47)55(44)52)30-29-41-37-21-6-4-17-33(37)35-19-8-10-23-39(35)49(41)51/h1-31H. The van der Waals surface area contributed by atoms with Crippen LogP contribution in [0.1, 0.15) is 0 Å². The van der Waals surface area contributed by atoms with Gasteiger partial charge in [-0.05, 0) is 107 Å². The van der Waals surface area contributed by atoms with E-state index in [2.05, 4.69) is 198 Å². The summed E-state index contributed by atoms with van der Waals surface area (Å²) in [4.78, 5) is 2.45. The van der Waals surface area contributed by atoms with Crippen molar-refractivity contribution in [1.29, 1.82) is 0 Å². The van der Waals surface area contributed by atoms with Gasteiger partial charge in [-0.15, -0.1) is 0 Å². The normalized spacial score (nSPS) is 13.3. The Labute approximate surface area is 344 Å². The first-order chi connectivity index (χ1) is 29.8. The number of fused-ring (bicyclic) bond motifs is 23. The van der Waals surface area contributed by atoms with Crippen LogP contribution in [0.3, 0.4) is 0 Å². The van der Waals surface area contributed by atoms with Gasteiger partial charge in [0.2, 0.25) is 0 Å². The molecule has 4 heterocycles. The van der Waals surface area contributed by atoms with E-state index in [1.54, 1.807) is 0 Å². The minimum Gasteiger partial charge on any atom is -0.468 e. The summed E-state index contributed by atoms with van der Waals surface area (Å²) in [6, 6.07) is 69.7.